The van der Waals surface area contributed by atoms with Gasteiger partial charge in [0.25, 0.3) is 5.91 Å². The summed E-state index contributed by atoms with van der Waals surface area (Å²) in [5.74, 6) is -0.188. The Morgan fingerprint density at radius 1 is 1.09 bits per heavy atom. The molecule has 0 unspecified atom stereocenters. The molecule has 0 aliphatic carbocycles. The van der Waals surface area contributed by atoms with E-state index in [0.717, 1.165) is 31.9 Å². The van der Waals surface area contributed by atoms with Gasteiger partial charge >= 0.3 is 0 Å². The highest BCUT2D eigenvalue weighted by Gasteiger charge is 2.17. The van der Waals surface area contributed by atoms with Gasteiger partial charge < -0.3 is 15.1 Å². The topological polar surface area (TPSA) is 36.8 Å². The smallest absolute Gasteiger partial charge is 0.257 e. The molecule has 1 saturated heterocycles. The number of carbonyl (C=O) groups is 1. The number of nitrogens with zero attached hydrogens (tertiary/aromatic N) is 1. The summed E-state index contributed by atoms with van der Waals surface area (Å²) in [6.07, 6.45) is 0. The van der Waals surface area contributed by atoms with Crippen LogP contribution in [0.5, 0.6) is 0 Å². The lowest BCUT2D eigenvalue weighted by Crippen LogP contribution is -3.12. The molecule has 0 bridgehead atoms. The van der Waals surface area contributed by atoms with E-state index < -0.39 is 0 Å². The fraction of sp³-hybridized carbons (Fsp3) is 0.278. The number of benzene rings is 2. The van der Waals surface area contributed by atoms with Crippen LogP contribution in [0, 0.1) is 0 Å². The first-order chi connectivity index (χ1) is 11.1. The lowest BCUT2D eigenvalue weighted by Gasteiger charge is -2.31. The fourth-order valence-corrected chi connectivity index (χ4v) is 2.97. The molecule has 1 aliphatic heterocycles. The highest BCUT2D eigenvalue weighted by molar-refractivity contribution is 6.34. The van der Waals surface area contributed by atoms with Crippen molar-refractivity contribution in [2.24, 2.45) is 0 Å². The van der Waals surface area contributed by atoms with Crippen molar-refractivity contribution < 1.29 is 9.69 Å². The normalized spacial score (nSPS) is 15.5. The maximum absolute atomic E-state index is 12.2. The number of likely N-dealkylation sites (N-methyl/N-ethyl adjacent to an activating group) is 1. The molecule has 2 aromatic rings. The van der Waals surface area contributed by atoms with Crippen LogP contribution >= 0.6 is 11.6 Å². The van der Waals surface area contributed by atoms with E-state index in [9.17, 15) is 4.79 Å². The molecule has 1 amide bonds. The molecule has 1 aliphatic rings. The summed E-state index contributed by atoms with van der Waals surface area (Å²) in [5, 5.41) is 3.35. The van der Waals surface area contributed by atoms with Crippen LogP contribution in [0.4, 0.5) is 11.4 Å². The van der Waals surface area contributed by atoms with Crippen LogP contribution in [0.25, 0.3) is 0 Å². The van der Waals surface area contributed by atoms with Gasteiger partial charge in [0.2, 0.25) is 0 Å². The quantitative estimate of drug-likeness (QED) is 0.902. The van der Waals surface area contributed by atoms with Gasteiger partial charge in [-0.1, -0.05) is 23.7 Å². The third-order valence-electron chi connectivity index (χ3n) is 4.23. The van der Waals surface area contributed by atoms with Gasteiger partial charge in [-0.2, -0.15) is 0 Å². The van der Waals surface area contributed by atoms with Crippen molar-refractivity contribution in [3.8, 4) is 0 Å². The summed E-state index contributed by atoms with van der Waals surface area (Å²) >= 11 is 6.05. The van der Waals surface area contributed by atoms with Crippen LogP contribution in [0.3, 0.4) is 0 Å². The van der Waals surface area contributed by atoms with Crippen molar-refractivity contribution >= 4 is 28.9 Å². The van der Waals surface area contributed by atoms with Gasteiger partial charge in [-0.25, -0.2) is 0 Å². The van der Waals surface area contributed by atoms with Crippen molar-refractivity contribution in [2.45, 2.75) is 0 Å². The average molecular weight is 331 g/mol. The predicted molar refractivity (Wildman–Crippen MR) is 94.7 cm³/mol. The Kier molecular flexibility index (Phi) is 4.84. The molecule has 5 heteroatoms. The van der Waals surface area contributed by atoms with Gasteiger partial charge in [0, 0.05) is 11.4 Å². The Morgan fingerprint density at radius 3 is 2.39 bits per heavy atom. The molecular formula is C18H21ClN3O+. The number of halogens is 1. The van der Waals surface area contributed by atoms with Gasteiger partial charge in [-0.15, -0.1) is 0 Å². The van der Waals surface area contributed by atoms with Crippen molar-refractivity contribution in [1.82, 2.24) is 0 Å². The van der Waals surface area contributed by atoms with Crippen LogP contribution in [0.2, 0.25) is 5.02 Å². The van der Waals surface area contributed by atoms with E-state index in [4.69, 9.17) is 11.6 Å². The Morgan fingerprint density at radius 2 is 1.74 bits per heavy atom. The SMILES string of the molecule is C[NH+]1CCN(c2ccc(NC(=O)c3ccccc3Cl)cc2)CC1. The summed E-state index contributed by atoms with van der Waals surface area (Å²) in [7, 11) is 2.23. The molecule has 120 valence electrons. The van der Waals surface area contributed by atoms with Gasteiger partial charge in [0.15, 0.2) is 0 Å². The molecule has 0 aromatic heterocycles. The molecule has 1 fully saturated rings. The molecule has 0 saturated carbocycles. The van der Waals surface area contributed by atoms with Crippen molar-refractivity contribution in [3.05, 3.63) is 59.1 Å². The third kappa shape index (κ3) is 3.84. The number of hydrogen-bond donors (Lipinski definition) is 2. The van der Waals surface area contributed by atoms with Gasteiger partial charge in [-0.05, 0) is 36.4 Å². The van der Waals surface area contributed by atoms with Crippen molar-refractivity contribution in [2.75, 3.05) is 43.4 Å². The molecule has 0 atom stereocenters. The lowest BCUT2D eigenvalue weighted by molar-refractivity contribution is -0.880. The minimum Gasteiger partial charge on any atom is -0.360 e. The average Bonchev–Trinajstić information content (AvgIpc) is 2.57. The van der Waals surface area contributed by atoms with Crippen molar-refractivity contribution in [1.29, 1.82) is 0 Å². The highest BCUT2D eigenvalue weighted by atomic mass is 35.5. The number of piperazine rings is 1. The molecule has 2 N–H and O–H groups in total. The van der Waals surface area contributed by atoms with E-state index in [-0.39, 0.29) is 5.91 Å². The van der Waals surface area contributed by atoms with Crippen LogP contribution < -0.4 is 15.1 Å². The van der Waals surface area contributed by atoms with E-state index in [0.29, 0.717) is 10.6 Å². The Labute approximate surface area is 141 Å². The summed E-state index contributed by atoms with van der Waals surface area (Å²) in [4.78, 5) is 16.2. The molecule has 1 heterocycles. The first-order valence-electron chi connectivity index (χ1n) is 7.85. The predicted octanol–water partition coefficient (Wildman–Crippen LogP) is 1.93. The van der Waals surface area contributed by atoms with Crippen molar-refractivity contribution in [3.63, 3.8) is 0 Å². The first kappa shape index (κ1) is 15.8. The van der Waals surface area contributed by atoms with E-state index in [1.54, 1.807) is 23.1 Å². The summed E-state index contributed by atoms with van der Waals surface area (Å²) in [6.45, 7) is 4.45. The molecule has 2 aromatic carbocycles. The van der Waals surface area contributed by atoms with Gasteiger partial charge in [0.05, 0.1) is 43.8 Å². The molecule has 4 nitrogen and oxygen atoms in total. The summed E-state index contributed by atoms with van der Waals surface area (Å²) in [5.41, 5.74) is 2.46. The van der Waals surface area contributed by atoms with Crippen LogP contribution in [0.15, 0.2) is 48.5 Å². The van der Waals surface area contributed by atoms with E-state index in [2.05, 4.69) is 29.4 Å². The molecule has 0 spiro atoms. The zero-order valence-electron chi connectivity index (χ0n) is 13.2. The second-order valence-corrected chi connectivity index (χ2v) is 6.33. The number of amides is 1. The van der Waals surface area contributed by atoms with E-state index in [1.165, 1.54) is 5.69 Å². The number of quaternary nitrogens is 1. The number of hydrogen-bond acceptors (Lipinski definition) is 2. The Bertz CT molecular complexity index is 679. The highest BCUT2D eigenvalue weighted by Crippen LogP contribution is 2.20. The van der Waals surface area contributed by atoms with Gasteiger partial charge in [-0.3, -0.25) is 4.79 Å². The summed E-state index contributed by atoms with van der Waals surface area (Å²) < 4.78 is 0. The molecule has 3 rings (SSSR count). The maximum atomic E-state index is 12.2. The second kappa shape index (κ2) is 7.02. The first-order valence-corrected chi connectivity index (χ1v) is 8.23. The minimum atomic E-state index is -0.188. The van der Waals surface area contributed by atoms with Crippen LogP contribution in [-0.4, -0.2) is 39.1 Å². The second-order valence-electron chi connectivity index (χ2n) is 5.92. The maximum Gasteiger partial charge on any atom is 0.257 e. The minimum absolute atomic E-state index is 0.188. The monoisotopic (exact) mass is 330 g/mol. The van der Waals surface area contributed by atoms with Crippen LogP contribution in [-0.2, 0) is 0 Å². The van der Waals surface area contributed by atoms with Gasteiger partial charge in [0.1, 0.15) is 0 Å². The summed E-state index contributed by atoms with van der Waals surface area (Å²) in [6, 6.07) is 15.1. The lowest BCUT2D eigenvalue weighted by atomic mass is 10.2. The number of anilines is 2. The number of carbonyl (C=O) groups excluding carboxylic acids is 1. The fourth-order valence-electron chi connectivity index (χ4n) is 2.75. The number of nitrogens with one attached hydrogen (secondary N) is 2. The largest absolute Gasteiger partial charge is 0.360 e. The zero-order valence-corrected chi connectivity index (χ0v) is 13.9. The van der Waals surface area contributed by atoms with Crippen LogP contribution in [0.1, 0.15) is 10.4 Å². The Hall–Kier alpha value is -2.04. The van der Waals surface area contributed by atoms with E-state index in [1.807, 2.05) is 18.2 Å². The molecular weight excluding hydrogens is 310 g/mol. The van der Waals surface area contributed by atoms with E-state index >= 15 is 0 Å². The third-order valence-corrected chi connectivity index (χ3v) is 4.56. The molecule has 23 heavy (non-hydrogen) atoms. The Balaban J connectivity index is 1.66. The zero-order chi connectivity index (χ0) is 16.2. The number of rotatable bonds is 3. The standard InChI is InChI=1S/C18H20ClN3O/c1-21-10-12-22(13-11-21)15-8-6-14(7-9-15)20-18(23)16-4-2-3-5-17(16)19/h2-9H,10-13H2,1H3,(H,20,23)/p+1. The molecule has 0 radical (unpaired) electrons.